The molecule has 0 aliphatic heterocycles. The summed E-state index contributed by atoms with van der Waals surface area (Å²) in [6.45, 7) is 1.67. The number of nitrogens with two attached hydrogens (primary N) is 1. The first-order valence-corrected chi connectivity index (χ1v) is 7.87. The highest BCUT2D eigenvalue weighted by Gasteiger charge is 2.23. The van der Waals surface area contributed by atoms with E-state index in [9.17, 15) is 13.2 Å². The highest BCUT2D eigenvalue weighted by atomic mass is 32.2. The Morgan fingerprint density at radius 1 is 1.32 bits per heavy atom. The van der Waals surface area contributed by atoms with Gasteiger partial charge >= 0.3 is 0 Å². The largest absolute Gasteiger partial charge is 0.326 e. The van der Waals surface area contributed by atoms with Gasteiger partial charge < -0.3 is 5.32 Å². The Balaban J connectivity index is 2.19. The molecule has 0 spiro atoms. The quantitative estimate of drug-likeness (QED) is 0.885. The summed E-state index contributed by atoms with van der Waals surface area (Å²) in [4.78, 5) is 12.0. The van der Waals surface area contributed by atoms with Crippen LogP contribution in [0, 0.1) is 12.8 Å². The molecular weight excluding hydrogens is 264 g/mol. The average molecular weight is 282 g/mol. The zero-order chi connectivity index (χ0) is 14.0. The number of rotatable bonds is 3. The molecule has 2 rings (SSSR count). The molecule has 0 radical (unpaired) electrons. The maximum absolute atomic E-state index is 12.0. The van der Waals surface area contributed by atoms with E-state index in [1.165, 1.54) is 6.07 Å². The molecule has 0 heterocycles. The molecule has 1 fully saturated rings. The number of sulfonamides is 1. The van der Waals surface area contributed by atoms with Crippen molar-refractivity contribution in [2.75, 3.05) is 5.32 Å². The van der Waals surface area contributed by atoms with Crippen LogP contribution in [-0.2, 0) is 14.8 Å². The molecule has 0 bridgehead atoms. The Morgan fingerprint density at radius 3 is 2.53 bits per heavy atom. The highest BCUT2D eigenvalue weighted by Crippen LogP contribution is 2.26. The normalized spacial score (nSPS) is 16.5. The van der Waals surface area contributed by atoms with Crippen molar-refractivity contribution in [2.24, 2.45) is 11.1 Å². The molecule has 0 aromatic heterocycles. The first-order chi connectivity index (χ1) is 8.88. The molecule has 5 nitrogen and oxygen atoms in total. The van der Waals surface area contributed by atoms with Crippen molar-refractivity contribution < 1.29 is 13.2 Å². The Morgan fingerprint density at radius 2 is 1.95 bits per heavy atom. The first kappa shape index (κ1) is 14.0. The van der Waals surface area contributed by atoms with Crippen molar-refractivity contribution in [3.8, 4) is 0 Å². The van der Waals surface area contributed by atoms with Crippen LogP contribution >= 0.6 is 0 Å². The van der Waals surface area contributed by atoms with Crippen LogP contribution in [0.1, 0.15) is 31.2 Å². The molecule has 1 amide bonds. The predicted octanol–water partition coefficient (Wildman–Crippen LogP) is 1.77. The van der Waals surface area contributed by atoms with E-state index < -0.39 is 10.0 Å². The maximum Gasteiger partial charge on any atom is 0.238 e. The number of anilines is 1. The van der Waals surface area contributed by atoms with Gasteiger partial charge in [-0.25, -0.2) is 13.6 Å². The van der Waals surface area contributed by atoms with Gasteiger partial charge in [-0.1, -0.05) is 18.9 Å². The number of aryl methyl sites for hydroxylation is 1. The lowest BCUT2D eigenvalue weighted by molar-refractivity contribution is -0.119. The van der Waals surface area contributed by atoms with E-state index in [0.29, 0.717) is 11.3 Å². The second kappa shape index (κ2) is 5.30. The smallest absolute Gasteiger partial charge is 0.238 e. The van der Waals surface area contributed by atoms with Crippen molar-refractivity contribution in [3.05, 3.63) is 23.8 Å². The highest BCUT2D eigenvalue weighted by molar-refractivity contribution is 7.89. The van der Waals surface area contributed by atoms with Crippen molar-refractivity contribution in [3.63, 3.8) is 0 Å². The van der Waals surface area contributed by atoms with Gasteiger partial charge in [0.15, 0.2) is 0 Å². The third-order valence-electron chi connectivity index (χ3n) is 3.49. The zero-order valence-corrected chi connectivity index (χ0v) is 11.7. The fourth-order valence-corrected chi connectivity index (χ4v) is 3.22. The number of primary sulfonamides is 1. The lowest BCUT2D eigenvalue weighted by Crippen LogP contribution is -2.21. The number of amides is 1. The van der Waals surface area contributed by atoms with E-state index in [1.807, 2.05) is 0 Å². The van der Waals surface area contributed by atoms with Gasteiger partial charge in [0.2, 0.25) is 15.9 Å². The summed E-state index contributed by atoms with van der Waals surface area (Å²) in [6.07, 6.45) is 3.96. The third kappa shape index (κ3) is 3.33. The lowest BCUT2D eigenvalue weighted by atomic mass is 10.1. The summed E-state index contributed by atoms with van der Waals surface area (Å²) in [6, 6.07) is 4.75. The fourth-order valence-electron chi connectivity index (χ4n) is 2.42. The third-order valence-corrected chi connectivity index (χ3v) is 4.54. The monoisotopic (exact) mass is 282 g/mol. The summed E-state index contributed by atoms with van der Waals surface area (Å²) in [7, 11) is -3.76. The van der Waals surface area contributed by atoms with Gasteiger partial charge in [0.25, 0.3) is 0 Å². The molecule has 6 heteroatoms. The Hall–Kier alpha value is -1.40. The van der Waals surface area contributed by atoms with Gasteiger partial charge in [-0.2, -0.15) is 0 Å². The SMILES string of the molecule is Cc1ccc(NC(=O)C2CCCC2)cc1S(N)(=O)=O. The Kier molecular flexibility index (Phi) is 3.91. The van der Waals surface area contributed by atoms with E-state index in [1.54, 1.807) is 19.1 Å². The van der Waals surface area contributed by atoms with Crippen molar-refractivity contribution >= 4 is 21.6 Å². The number of hydrogen-bond donors (Lipinski definition) is 2. The second-order valence-electron chi connectivity index (χ2n) is 5.00. The molecular formula is C13H18N2O3S. The zero-order valence-electron chi connectivity index (χ0n) is 10.8. The second-order valence-corrected chi connectivity index (χ2v) is 6.53. The molecule has 104 valence electrons. The van der Waals surface area contributed by atoms with Crippen LogP contribution in [0.5, 0.6) is 0 Å². The molecule has 19 heavy (non-hydrogen) atoms. The molecule has 0 saturated heterocycles. The average Bonchev–Trinajstić information content (AvgIpc) is 2.83. The van der Waals surface area contributed by atoms with Gasteiger partial charge in [0, 0.05) is 11.6 Å². The van der Waals surface area contributed by atoms with Crippen LogP contribution in [0.2, 0.25) is 0 Å². The summed E-state index contributed by atoms with van der Waals surface area (Å²) in [5.41, 5.74) is 1.05. The van der Waals surface area contributed by atoms with Crippen LogP contribution in [0.15, 0.2) is 23.1 Å². The Labute approximate surface area is 113 Å². The van der Waals surface area contributed by atoms with E-state index in [-0.39, 0.29) is 16.7 Å². The van der Waals surface area contributed by atoms with Gasteiger partial charge in [-0.05, 0) is 37.5 Å². The van der Waals surface area contributed by atoms with Crippen molar-refractivity contribution in [1.82, 2.24) is 0 Å². The van der Waals surface area contributed by atoms with Crippen LogP contribution < -0.4 is 10.5 Å². The van der Waals surface area contributed by atoms with E-state index in [2.05, 4.69) is 5.32 Å². The van der Waals surface area contributed by atoms with E-state index in [4.69, 9.17) is 5.14 Å². The van der Waals surface area contributed by atoms with Crippen LogP contribution in [-0.4, -0.2) is 14.3 Å². The molecule has 3 N–H and O–H groups in total. The molecule has 1 aromatic carbocycles. The number of hydrogen-bond acceptors (Lipinski definition) is 3. The van der Waals surface area contributed by atoms with Crippen molar-refractivity contribution in [2.45, 2.75) is 37.5 Å². The van der Waals surface area contributed by atoms with Gasteiger partial charge in [-0.3, -0.25) is 4.79 Å². The molecule has 0 unspecified atom stereocenters. The molecule has 0 atom stereocenters. The topological polar surface area (TPSA) is 89.3 Å². The van der Waals surface area contributed by atoms with Crippen LogP contribution in [0.4, 0.5) is 5.69 Å². The van der Waals surface area contributed by atoms with Gasteiger partial charge in [0.1, 0.15) is 0 Å². The number of carbonyl (C=O) groups excluding carboxylic acids is 1. The lowest BCUT2D eigenvalue weighted by Gasteiger charge is -2.12. The van der Waals surface area contributed by atoms with Crippen LogP contribution in [0.25, 0.3) is 0 Å². The summed E-state index contributed by atoms with van der Waals surface area (Å²) < 4.78 is 22.8. The van der Waals surface area contributed by atoms with Crippen molar-refractivity contribution in [1.29, 1.82) is 0 Å². The summed E-state index contributed by atoms with van der Waals surface area (Å²) in [5, 5.41) is 7.90. The molecule has 1 aliphatic carbocycles. The number of carbonyl (C=O) groups is 1. The van der Waals surface area contributed by atoms with E-state index in [0.717, 1.165) is 25.7 Å². The molecule has 1 saturated carbocycles. The first-order valence-electron chi connectivity index (χ1n) is 6.32. The van der Waals surface area contributed by atoms with Gasteiger partial charge in [0.05, 0.1) is 4.90 Å². The summed E-state index contributed by atoms with van der Waals surface area (Å²) >= 11 is 0. The minimum atomic E-state index is -3.76. The van der Waals surface area contributed by atoms with Gasteiger partial charge in [-0.15, -0.1) is 0 Å². The predicted molar refractivity (Wildman–Crippen MR) is 73.1 cm³/mol. The summed E-state index contributed by atoms with van der Waals surface area (Å²) in [5.74, 6) is 0.000888. The minimum Gasteiger partial charge on any atom is -0.326 e. The van der Waals surface area contributed by atoms with E-state index >= 15 is 0 Å². The minimum absolute atomic E-state index is 0.0401. The fraction of sp³-hybridized carbons (Fsp3) is 0.462. The Bertz CT molecular complexity index is 590. The van der Waals surface area contributed by atoms with Crippen LogP contribution in [0.3, 0.4) is 0 Å². The molecule has 1 aromatic rings. The number of nitrogens with one attached hydrogen (secondary N) is 1. The molecule has 1 aliphatic rings. The maximum atomic E-state index is 12.0. The number of benzene rings is 1. The standard InChI is InChI=1S/C13H18N2O3S/c1-9-6-7-11(8-12(9)19(14,17)18)15-13(16)10-4-2-3-5-10/h6-8,10H,2-5H2,1H3,(H,15,16)(H2,14,17,18).